The van der Waals surface area contributed by atoms with E-state index < -0.39 is 0 Å². The number of pyridine rings is 1. The second kappa shape index (κ2) is 7.23. The molecule has 1 amide bonds. The minimum atomic E-state index is -0.0320. The van der Waals surface area contributed by atoms with Crippen LogP contribution in [-0.4, -0.2) is 52.8 Å². The maximum absolute atomic E-state index is 12.4. The van der Waals surface area contributed by atoms with Gasteiger partial charge in [-0.15, -0.1) is 0 Å². The number of nitrogens with zero attached hydrogens (tertiary/aromatic N) is 4. The predicted octanol–water partition coefficient (Wildman–Crippen LogP) is 1.77. The van der Waals surface area contributed by atoms with Crippen molar-refractivity contribution in [1.29, 1.82) is 0 Å². The highest BCUT2D eigenvalue weighted by Gasteiger charge is 2.14. The molecule has 0 aliphatic heterocycles. The van der Waals surface area contributed by atoms with E-state index in [1.807, 2.05) is 36.0 Å². The summed E-state index contributed by atoms with van der Waals surface area (Å²) in [5.41, 5.74) is 2.53. The normalized spacial score (nSPS) is 10.9. The molecular weight excluding hydrogens is 302 g/mol. The Hall–Kier alpha value is -2.73. The Labute approximate surface area is 141 Å². The fourth-order valence-corrected chi connectivity index (χ4v) is 2.56. The SMILES string of the molecule is CNCCN(C)C(=O)c1cnc2c(cnn2Cc2ccccc2)c1. The second-order valence-electron chi connectivity index (χ2n) is 5.75. The fourth-order valence-electron chi connectivity index (χ4n) is 2.56. The van der Waals surface area contributed by atoms with Crippen LogP contribution in [-0.2, 0) is 6.54 Å². The van der Waals surface area contributed by atoms with Gasteiger partial charge in [-0.3, -0.25) is 4.79 Å². The van der Waals surface area contributed by atoms with Gasteiger partial charge in [0.25, 0.3) is 5.91 Å². The molecule has 1 aromatic carbocycles. The zero-order valence-electron chi connectivity index (χ0n) is 13.9. The monoisotopic (exact) mass is 323 g/mol. The van der Waals surface area contributed by atoms with Crippen molar-refractivity contribution in [3.8, 4) is 0 Å². The van der Waals surface area contributed by atoms with E-state index in [0.29, 0.717) is 18.7 Å². The third-order valence-electron chi connectivity index (χ3n) is 3.94. The molecule has 2 heterocycles. The molecule has 0 atom stereocenters. The van der Waals surface area contributed by atoms with Crippen LogP contribution in [0.2, 0.25) is 0 Å². The Morgan fingerprint density at radius 2 is 2.04 bits per heavy atom. The quantitative estimate of drug-likeness (QED) is 0.751. The minimum Gasteiger partial charge on any atom is -0.340 e. The van der Waals surface area contributed by atoms with Crippen LogP contribution in [0.3, 0.4) is 0 Å². The molecule has 0 bridgehead atoms. The number of carbonyl (C=O) groups excluding carboxylic acids is 1. The van der Waals surface area contributed by atoms with Gasteiger partial charge in [0.05, 0.1) is 18.3 Å². The van der Waals surface area contributed by atoms with Gasteiger partial charge in [-0.05, 0) is 18.7 Å². The molecular formula is C18H21N5O. The lowest BCUT2D eigenvalue weighted by Gasteiger charge is -2.16. The minimum absolute atomic E-state index is 0.0320. The molecule has 3 rings (SSSR count). The van der Waals surface area contributed by atoms with Gasteiger partial charge in [-0.1, -0.05) is 30.3 Å². The van der Waals surface area contributed by atoms with Gasteiger partial charge in [0, 0.05) is 31.7 Å². The van der Waals surface area contributed by atoms with Gasteiger partial charge < -0.3 is 10.2 Å². The Bertz CT molecular complexity index is 828. The Kier molecular flexibility index (Phi) is 4.86. The summed E-state index contributed by atoms with van der Waals surface area (Å²) in [6, 6.07) is 12.0. The van der Waals surface area contributed by atoms with Crippen LogP contribution in [0.4, 0.5) is 0 Å². The average molecular weight is 323 g/mol. The van der Waals surface area contributed by atoms with Crippen molar-refractivity contribution in [2.45, 2.75) is 6.54 Å². The maximum Gasteiger partial charge on any atom is 0.255 e. The summed E-state index contributed by atoms with van der Waals surface area (Å²) in [6.45, 7) is 2.07. The molecule has 3 aromatic rings. The lowest BCUT2D eigenvalue weighted by Crippen LogP contribution is -2.32. The molecule has 0 aliphatic rings. The molecule has 0 aliphatic carbocycles. The van der Waals surface area contributed by atoms with Crippen LogP contribution in [0.15, 0.2) is 48.8 Å². The zero-order valence-corrected chi connectivity index (χ0v) is 13.9. The van der Waals surface area contributed by atoms with Crippen LogP contribution >= 0.6 is 0 Å². The van der Waals surface area contributed by atoms with Gasteiger partial charge >= 0.3 is 0 Å². The van der Waals surface area contributed by atoms with Crippen molar-refractivity contribution in [3.63, 3.8) is 0 Å². The summed E-state index contributed by atoms with van der Waals surface area (Å²) in [4.78, 5) is 18.6. The Morgan fingerprint density at radius 3 is 2.79 bits per heavy atom. The summed E-state index contributed by atoms with van der Waals surface area (Å²) in [6.07, 6.45) is 3.39. The molecule has 0 spiro atoms. The number of fused-ring (bicyclic) bond motifs is 1. The summed E-state index contributed by atoms with van der Waals surface area (Å²) in [7, 11) is 3.66. The molecule has 2 aromatic heterocycles. The van der Waals surface area contributed by atoms with Crippen LogP contribution < -0.4 is 5.32 Å². The molecule has 0 unspecified atom stereocenters. The van der Waals surface area contributed by atoms with Crippen molar-refractivity contribution < 1.29 is 4.79 Å². The highest BCUT2D eigenvalue weighted by atomic mass is 16.2. The van der Waals surface area contributed by atoms with Crippen molar-refractivity contribution >= 4 is 16.9 Å². The third-order valence-corrected chi connectivity index (χ3v) is 3.94. The van der Waals surface area contributed by atoms with E-state index in [0.717, 1.165) is 23.1 Å². The molecule has 6 heteroatoms. The molecule has 124 valence electrons. The van der Waals surface area contributed by atoms with Crippen molar-refractivity contribution in [1.82, 2.24) is 25.0 Å². The van der Waals surface area contributed by atoms with Crippen LogP contribution in [0.1, 0.15) is 15.9 Å². The van der Waals surface area contributed by atoms with Gasteiger partial charge in [-0.2, -0.15) is 5.10 Å². The van der Waals surface area contributed by atoms with Crippen LogP contribution in [0.25, 0.3) is 11.0 Å². The fraction of sp³-hybridized carbons (Fsp3) is 0.278. The summed E-state index contributed by atoms with van der Waals surface area (Å²) < 4.78 is 1.85. The second-order valence-corrected chi connectivity index (χ2v) is 5.75. The number of hydrogen-bond donors (Lipinski definition) is 1. The first kappa shape index (κ1) is 16.1. The highest BCUT2D eigenvalue weighted by molar-refractivity contribution is 5.96. The molecule has 0 radical (unpaired) electrons. The highest BCUT2D eigenvalue weighted by Crippen LogP contribution is 2.15. The van der Waals surface area contributed by atoms with E-state index in [1.165, 1.54) is 0 Å². The number of aromatic nitrogens is 3. The standard InChI is InChI=1S/C18H21N5O/c1-19-8-9-22(2)18(24)16-10-15-12-21-23(17(15)20-11-16)13-14-6-4-3-5-7-14/h3-7,10-12,19H,8-9,13H2,1-2H3. The smallest absolute Gasteiger partial charge is 0.255 e. The van der Waals surface area contributed by atoms with E-state index in [9.17, 15) is 4.79 Å². The first-order valence-electron chi connectivity index (χ1n) is 7.94. The van der Waals surface area contributed by atoms with Crippen molar-refractivity contribution in [2.75, 3.05) is 27.2 Å². The van der Waals surface area contributed by atoms with E-state index in [4.69, 9.17) is 0 Å². The molecule has 0 saturated carbocycles. The number of carbonyl (C=O) groups is 1. The van der Waals surface area contributed by atoms with Gasteiger partial charge in [0.2, 0.25) is 0 Å². The predicted molar refractivity (Wildman–Crippen MR) is 94.0 cm³/mol. The number of benzene rings is 1. The number of rotatable bonds is 6. The largest absolute Gasteiger partial charge is 0.340 e. The molecule has 0 saturated heterocycles. The van der Waals surface area contributed by atoms with E-state index >= 15 is 0 Å². The van der Waals surface area contributed by atoms with Gasteiger partial charge in [0.1, 0.15) is 0 Å². The average Bonchev–Trinajstić information content (AvgIpc) is 3.02. The number of nitrogens with one attached hydrogen (secondary N) is 1. The summed E-state index contributed by atoms with van der Waals surface area (Å²) in [5, 5.41) is 8.32. The summed E-state index contributed by atoms with van der Waals surface area (Å²) in [5.74, 6) is -0.0320. The van der Waals surface area contributed by atoms with Crippen LogP contribution in [0, 0.1) is 0 Å². The molecule has 24 heavy (non-hydrogen) atoms. The number of hydrogen-bond acceptors (Lipinski definition) is 4. The number of amides is 1. The zero-order chi connectivity index (χ0) is 16.9. The topological polar surface area (TPSA) is 63.1 Å². The van der Waals surface area contributed by atoms with Gasteiger partial charge in [-0.25, -0.2) is 9.67 Å². The van der Waals surface area contributed by atoms with Crippen molar-refractivity contribution in [2.24, 2.45) is 0 Å². The Balaban J connectivity index is 1.82. The van der Waals surface area contributed by atoms with Crippen molar-refractivity contribution in [3.05, 3.63) is 59.9 Å². The lowest BCUT2D eigenvalue weighted by atomic mass is 10.2. The Morgan fingerprint density at radius 1 is 1.25 bits per heavy atom. The van der Waals surface area contributed by atoms with E-state index in [-0.39, 0.29) is 5.91 Å². The first-order chi connectivity index (χ1) is 11.7. The van der Waals surface area contributed by atoms with Gasteiger partial charge in [0.15, 0.2) is 5.65 Å². The number of likely N-dealkylation sites (N-methyl/N-ethyl adjacent to an activating group) is 2. The molecule has 6 nitrogen and oxygen atoms in total. The van der Waals surface area contributed by atoms with E-state index in [1.54, 1.807) is 24.3 Å². The lowest BCUT2D eigenvalue weighted by molar-refractivity contribution is 0.0796. The third kappa shape index (κ3) is 3.44. The molecule has 1 N–H and O–H groups in total. The maximum atomic E-state index is 12.4. The van der Waals surface area contributed by atoms with Crippen LogP contribution in [0.5, 0.6) is 0 Å². The van der Waals surface area contributed by atoms with E-state index in [2.05, 4.69) is 27.5 Å². The summed E-state index contributed by atoms with van der Waals surface area (Å²) >= 11 is 0. The first-order valence-corrected chi connectivity index (χ1v) is 7.94. The molecule has 0 fully saturated rings.